The standard InChI is InChI=1S/C13H18FNOS/c1-9-10(2)17-4-3-15(9)13-6-11(8-16)5-12(14)7-13/h5-7,9-10,16H,3-4,8H2,1-2H3. The maximum atomic E-state index is 13.5. The van der Waals surface area contributed by atoms with Gasteiger partial charge in [0, 0.05) is 29.3 Å². The van der Waals surface area contributed by atoms with Gasteiger partial charge in [-0.25, -0.2) is 4.39 Å². The van der Waals surface area contributed by atoms with Crippen LogP contribution in [0.15, 0.2) is 18.2 Å². The van der Waals surface area contributed by atoms with Gasteiger partial charge in [-0.15, -0.1) is 0 Å². The Hall–Kier alpha value is -0.740. The third-order valence-corrected chi connectivity index (χ3v) is 4.68. The van der Waals surface area contributed by atoms with Crippen LogP contribution in [0.3, 0.4) is 0 Å². The highest BCUT2D eigenvalue weighted by atomic mass is 32.2. The third-order valence-electron chi connectivity index (χ3n) is 3.34. The van der Waals surface area contributed by atoms with Crippen molar-refractivity contribution in [2.75, 3.05) is 17.2 Å². The normalized spacial score (nSPS) is 25.1. The van der Waals surface area contributed by atoms with Gasteiger partial charge in [0.15, 0.2) is 0 Å². The molecule has 0 bridgehead atoms. The van der Waals surface area contributed by atoms with Gasteiger partial charge in [0.05, 0.1) is 6.61 Å². The number of aliphatic hydroxyl groups is 1. The molecule has 0 spiro atoms. The maximum absolute atomic E-state index is 13.5. The monoisotopic (exact) mass is 255 g/mol. The summed E-state index contributed by atoms with van der Waals surface area (Å²) in [5, 5.41) is 9.66. The van der Waals surface area contributed by atoms with E-state index in [0.29, 0.717) is 16.9 Å². The number of rotatable bonds is 2. The summed E-state index contributed by atoms with van der Waals surface area (Å²) in [7, 11) is 0. The molecule has 0 aliphatic carbocycles. The zero-order chi connectivity index (χ0) is 12.4. The topological polar surface area (TPSA) is 23.5 Å². The second-order valence-electron chi connectivity index (χ2n) is 4.49. The number of hydrogen-bond acceptors (Lipinski definition) is 3. The van der Waals surface area contributed by atoms with Gasteiger partial charge >= 0.3 is 0 Å². The molecule has 1 fully saturated rings. The lowest BCUT2D eigenvalue weighted by Crippen LogP contribution is -2.44. The SMILES string of the molecule is CC1SCCN(c2cc(F)cc(CO)c2)C1C. The molecule has 4 heteroatoms. The summed E-state index contributed by atoms with van der Waals surface area (Å²) >= 11 is 1.95. The van der Waals surface area contributed by atoms with Crippen LogP contribution < -0.4 is 4.90 Å². The zero-order valence-electron chi connectivity index (χ0n) is 10.2. The van der Waals surface area contributed by atoms with E-state index in [2.05, 4.69) is 18.7 Å². The van der Waals surface area contributed by atoms with E-state index in [9.17, 15) is 4.39 Å². The van der Waals surface area contributed by atoms with Crippen molar-refractivity contribution in [2.45, 2.75) is 31.7 Å². The molecule has 94 valence electrons. The summed E-state index contributed by atoms with van der Waals surface area (Å²) in [6, 6.07) is 5.21. The second-order valence-corrected chi connectivity index (χ2v) is 5.97. The van der Waals surface area contributed by atoms with Crippen molar-refractivity contribution in [3.05, 3.63) is 29.6 Å². The van der Waals surface area contributed by atoms with Crippen molar-refractivity contribution < 1.29 is 9.50 Å². The van der Waals surface area contributed by atoms with Crippen LogP contribution in [-0.4, -0.2) is 28.7 Å². The lowest BCUT2D eigenvalue weighted by molar-refractivity contribution is 0.281. The molecule has 2 nitrogen and oxygen atoms in total. The average Bonchev–Trinajstić information content (AvgIpc) is 2.31. The molecule has 1 aromatic carbocycles. The number of halogens is 1. The molecule has 0 amide bonds. The molecule has 1 aromatic rings. The van der Waals surface area contributed by atoms with E-state index in [-0.39, 0.29) is 12.4 Å². The Kier molecular flexibility index (Phi) is 3.94. The van der Waals surface area contributed by atoms with Crippen LogP contribution in [0.1, 0.15) is 19.4 Å². The molecule has 0 aromatic heterocycles. The van der Waals surface area contributed by atoms with E-state index in [1.165, 1.54) is 6.07 Å². The first kappa shape index (κ1) is 12.7. The van der Waals surface area contributed by atoms with E-state index in [1.807, 2.05) is 17.8 Å². The van der Waals surface area contributed by atoms with Crippen LogP contribution >= 0.6 is 11.8 Å². The van der Waals surface area contributed by atoms with E-state index >= 15 is 0 Å². The van der Waals surface area contributed by atoms with Gasteiger partial charge in [0.25, 0.3) is 0 Å². The first-order valence-electron chi connectivity index (χ1n) is 5.90. The van der Waals surface area contributed by atoms with Gasteiger partial charge < -0.3 is 10.0 Å². The molecule has 1 N–H and O–H groups in total. The molecule has 1 aliphatic rings. The second kappa shape index (κ2) is 5.27. The van der Waals surface area contributed by atoms with Gasteiger partial charge in [0.2, 0.25) is 0 Å². The largest absolute Gasteiger partial charge is 0.392 e. The number of benzene rings is 1. The molecule has 1 aliphatic heterocycles. The van der Waals surface area contributed by atoms with Crippen molar-refractivity contribution in [2.24, 2.45) is 0 Å². The lowest BCUT2D eigenvalue weighted by Gasteiger charge is -2.39. The van der Waals surface area contributed by atoms with Crippen LogP contribution in [0, 0.1) is 5.82 Å². The summed E-state index contributed by atoms with van der Waals surface area (Å²) in [5.74, 6) is 0.792. The number of hydrogen-bond donors (Lipinski definition) is 1. The fourth-order valence-electron chi connectivity index (χ4n) is 2.19. The summed E-state index contributed by atoms with van der Waals surface area (Å²) in [6.07, 6.45) is 0. The highest BCUT2D eigenvalue weighted by Crippen LogP contribution is 2.30. The zero-order valence-corrected chi connectivity index (χ0v) is 11.0. The minimum absolute atomic E-state index is 0.114. The number of nitrogens with zero attached hydrogens (tertiary/aromatic N) is 1. The molecule has 2 unspecified atom stereocenters. The minimum atomic E-state index is -0.273. The first-order valence-corrected chi connectivity index (χ1v) is 6.95. The Balaban J connectivity index is 2.29. The summed E-state index contributed by atoms with van der Waals surface area (Å²) in [4.78, 5) is 2.23. The Labute approximate surface area is 106 Å². The third kappa shape index (κ3) is 2.75. The van der Waals surface area contributed by atoms with E-state index in [4.69, 9.17) is 5.11 Å². The fourth-order valence-corrected chi connectivity index (χ4v) is 3.29. The van der Waals surface area contributed by atoms with Gasteiger partial charge in [-0.05, 0) is 30.7 Å². The molecule has 2 rings (SSSR count). The maximum Gasteiger partial charge on any atom is 0.125 e. The van der Waals surface area contributed by atoms with Crippen molar-refractivity contribution >= 4 is 17.4 Å². The van der Waals surface area contributed by atoms with Gasteiger partial charge in [-0.2, -0.15) is 11.8 Å². The van der Waals surface area contributed by atoms with E-state index in [1.54, 1.807) is 6.07 Å². The van der Waals surface area contributed by atoms with Gasteiger partial charge in [-0.1, -0.05) is 6.92 Å². The molecular weight excluding hydrogens is 237 g/mol. The van der Waals surface area contributed by atoms with E-state index < -0.39 is 0 Å². The number of anilines is 1. The van der Waals surface area contributed by atoms with Gasteiger partial charge in [-0.3, -0.25) is 0 Å². The van der Waals surface area contributed by atoms with Gasteiger partial charge in [0.1, 0.15) is 5.82 Å². The van der Waals surface area contributed by atoms with Crippen LogP contribution in [0.5, 0.6) is 0 Å². The predicted molar refractivity (Wildman–Crippen MR) is 71.1 cm³/mol. The molecule has 1 saturated heterocycles. The van der Waals surface area contributed by atoms with Crippen LogP contribution in [0.4, 0.5) is 10.1 Å². The Bertz CT molecular complexity index is 399. The quantitative estimate of drug-likeness (QED) is 0.879. The van der Waals surface area contributed by atoms with Crippen LogP contribution in [0.25, 0.3) is 0 Å². The smallest absolute Gasteiger partial charge is 0.125 e. The van der Waals surface area contributed by atoms with E-state index in [0.717, 1.165) is 18.0 Å². The highest BCUT2D eigenvalue weighted by Gasteiger charge is 2.25. The molecule has 17 heavy (non-hydrogen) atoms. The Morgan fingerprint density at radius 3 is 2.88 bits per heavy atom. The summed E-state index contributed by atoms with van der Waals surface area (Å²) in [6.45, 7) is 5.19. The molecule has 0 saturated carbocycles. The summed E-state index contributed by atoms with van der Waals surface area (Å²) in [5.41, 5.74) is 1.52. The van der Waals surface area contributed by atoms with Crippen molar-refractivity contribution in [1.29, 1.82) is 0 Å². The van der Waals surface area contributed by atoms with Crippen molar-refractivity contribution in [3.8, 4) is 0 Å². The minimum Gasteiger partial charge on any atom is -0.392 e. The number of thioether (sulfide) groups is 1. The molecular formula is C13H18FNOS. The first-order chi connectivity index (χ1) is 8.11. The Morgan fingerprint density at radius 2 is 2.18 bits per heavy atom. The highest BCUT2D eigenvalue weighted by molar-refractivity contribution is 8.00. The fraction of sp³-hybridized carbons (Fsp3) is 0.538. The van der Waals surface area contributed by atoms with Crippen molar-refractivity contribution in [1.82, 2.24) is 0 Å². The predicted octanol–water partition coefficient (Wildman–Crippen LogP) is 2.65. The average molecular weight is 255 g/mol. The van der Waals surface area contributed by atoms with Crippen LogP contribution in [0.2, 0.25) is 0 Å². The molecule has 0 radical (unpaired) electrons. The van der Waals surface area contributed by atoms with Crippen LogP contribution in [-0.2, 0) is 6.61 Å². The molecule has 1 heterocycles. The Morgan fingerprint density at radius 1 is 1.41 bits per heavy atom. The number of aliphatic hydroxyl groups excluding tert-OH is 1. The summed E-state index contributed by atoms with van der Waals surface area (Å²) < 4.78 is 13.5. The molecule has 2 atom stereocenters. The van der Waals surface area contributed by atoms with Crippen molar-refractivity contribution in [3.63, 3.8) is 0 Å². The lowest BCUT2D eigenvalue weighted by atomic mass is 10.1.